The van der Waals surface area contributed by atoms with Crippen LogP contribution in [0.3, 0.4) is 0 Å². The molecule has 1 aromatic heterocycles. The fourth-order valence-corrected chi connectivity index (χ4v) is 5.63. The van der Waals surface area contributed by atoms with Gasteiger partial charge in [0.25, 0.3) is 0 Å². The van der Waals surface area contributed by atoms with E-state index in [1.54, 1.807) is 0 Å². The number of anilines is 1. The zero-order valence-electron chi connectivity index (χ0n) is 24.7. The van der Waals surface area contributed by atoms with Gasteiger partial charge in [0.15, 0.2) is 0 Å². The first-order valence-electron chi connectivity index (χ1n) is 14.8. The van der Waals surface area contributed by atoms with Crippen molar-refractivity contribution in [1.29, 1.82) is 0 Å². The summed E-state index contributed by atoms with van der Waals surface area (Å²) in [5, 5.41) is 19.4. The van der Waals surface area contributed by atoms with Crippen molar-refractivity contribution >= 4 is 28.9 Å². The third-order valence-corrected chi connectivity index (χ3v) is 7.74. The minimum Gasteiger partial charge on any atom is -0.478 e. The first-order valence-corrected chi connectivity index (χ1v) is 14.8. The van der Waals surface area contributed by atoms with Crippen molar-refractivity contribution in [2.24, 2.45) is 0 Å². The van der Waals surface area contributed by atoms with Gasteiger partial charge in [-0.3, -0.25) is 4.90 Å². The summed E-state index contributed by atoms with van der Waals surface area (Å²) in [5.41, 5.74) is 5.77. The highest BCUT2D eigenvalue weighted by atomic mass is 19.1. The number of benzene rings is 4. The van der Waals surface area contributed by atoms with Crippen molar-refractivity contribution in [2.75, 3.05) is 18.4 Å². The Morgan fingerprint density at radius 2 is 1.33 bits per heavy atom. The number of nitrogens with one attached hydrogen (secondary N) is 1. The lowest BCUT2D eigenvalue weighted by molar-refractivity contribution is -0.134. The molecule has 0 unspecified atom stereocenters. The number of fused-ring (bicyclic) bond motifs is 1. The number of aromatic nitrogens is 2. The largest absolute Gasteiger partial charge is 0.478 e. The van der Waals surface area contributed by atoms with Crippen LogP contribution in [0.2, 0.25) is 0 Å². The molecule has 4 aromatic carbocycles. The molecule has 0 radical (unpaired) electrons. The minimum absolute atomic E-state index is 0.214. The first kappa shape index (κ1) is 31.2. The van der Waals surface area contributed by atoms with Gasteiger partial charge in [-0.15, -0.1) is 0 Å². The maximum atomic E-state index is 13.5. The van der Waals surface area contributed by atoms with Crippen LogP contribution < -0.4 is 5.32 Å². The summed E-state index contributed by atoms with van der Waals surface area (Å²) < 4.78 is 15.7. The van der Waals surface area contributed by atoms with E-state index in [2.05, 4.69) is 87.6 Å². The molecule has 0 bridgehead atoms. The van der Waals surface area contributed by atoms with Crippen LogP contribution in [-0.2, 0) is 16.1 Å². The highest BCUT2D eigenvalue weighted by molar-refractivity contribution is 5.89. The number of nitrogens with zero attached hydrogens (tertiary/aromatic N) is 3. The van der Waals surface area contributed by atoms with Crippen LogP contribution in [-0.4, -0.2) is 55.7 Å². The number of imidazole rings is 1. The van der Waals surface area contributed by atoms with Gasteiger partial charge in [-0.2, -0.15) is 0 Å². The SMILES string of the molecule is Fc1ccc(Cn2c(NC3CCN(C(c4ccccc4)c4ccccc4)CC3)nc3ccccc32)cc1.O=C(O)/C=C/C(=O)O. The number of hydrogen-bond acceptors (Lipinski definition) is 5. The van der Waals surface area contributed by atoms with Crippen molar-refractivity contribution in [3.8, 4) is 0 Å². The lowest BCUT2D eigenvalue weighted by Gasteiger charge is -2.38. The van der Waals surface area contributed by atoms with E-state index >= 15 is 0 Å². The van der Waals surface area contributed by atoms with E-state index in [-0.39, 0.29) is 11.9 Å². The van der Waals surface area contributed by atoms with Gasteiger partial charge >= 0.3 is 11.9 Å². The lowest BCUT2D eigenvalue weighted by Crippen LogP contribution is -2.41. The Hall–Kier alpha value is -5.28. The molecule has 230 valence electrons. The molecule has 1 aliphatic heterocycles. The molecule has 1 saturated heterocycles. The molecule has 0 amide bonds. The van der Waals surface area contributed by atoms with Gasteiger partial charge < -0.3 is 20.1 Å². The minimum atomic E-state index is -1.26. The van der Waals surface area contributed by atoms with Crippen LogP contribution in [0.15, 0.2) is 121 Å². The number of aliphatic carboxylic acids is 2. The van der Waals surface area contributed by atoms with Gasteiger partial charge in [0, 0.05) is 31.3 Å². The summed E-state index contributed by atoms with van der Waals surface area (Å²) in [6.07, 6.45) is 3.19. The van der Waals surface area contributed by atoms with Gasteiger partial charge in [0.2, 0.25) is 5.95 Å². The Bertz CT molecular complexity index is 1680. The monoisotopic (exact) mass is 606 g/mol. The lowest BCUT2D eigenvalue weighted by atomic mass is 9.94. The highest BCUT2D eigenvalue weighted by Gasteiger charge is 2.28. The third-order valence-electron chi connectivity index (χ3n) is 7.74. The van der Waals surface area contributed by atoms with Crippen molar-refractivity contribution in [1.82, 2.24) is 14.5 Å². The maximum absolute atomic E-state index is 13.5. The molecule has 6 rings (SSSR count). The molecule has 0 spiro atoms. The number of piperidine rings is 1. The molecule has 0 saturated carbocycles. The predicted molar refractivity (Wildman–Crippen MR) is 173 cm³/mol. The van der Waals surface area contributed by atoms with E-state index in [9.17, 15) is 14.0 Å². The van der Waals surface area contributed by atoms with Gasteiger partial charge in [-0.1, -0.05) is 84.9 Å². The van der Waals surface area contributed by atoms with Crippen LogP contribution in [0.5, 0.6) is 0 Å². The normalized spacial score (nSPS) is 13.9. The second-order valence-corrected chi connectivity index (χ2v) is 10.8. The Balaban J connectivity index is 0.000000444. The fraction of sp³-hybridized carbons (Fsp3) is 0.194. The molecular formula is C36H35FN4O4. The molecular weight excluding hydrogens is 571 g/mol. The molecule has 9 heteroatoms. The number of carboxylic acid groups (broad SMARTS) is 2. The summed E-state index contributed by atoms with van der Waals surface area (Å²) in [7, 11) is 0. The number of likely N-dealkylation sites (tertiary alicyclic amines) is 1. The van der Waals surface area contributed by atoms with Crippen LogP contribution >= 0.6 is 0 Å². The number of hydrogen-bond donors (Lipinski definition) is 3. The average molecular weight is 607 g/mol. The molecule has 8 nitrogen and oxygen atoms in total. The van der Waals surface area contributed by atoms with Crippen LogP contribution in [0.4, 0.5) is 10.3 Å². The zero-order valence-corrected chi connectivity index (χ0v) is 24.7. The summed E-state index contributed by atoms with van der Waals surface area (Å²) in [4.78, 5) is 26.6. The molecule has 45 heavy (non-hydrogen) atoms. The topological polar surface area (TPSA) is 108 Å². The third kappa shape index (κ3) is 8.43. The molecule has 2 heterocycles. The van der Waals surface area contributed by atoms with Crippen LogP contribution in [0.1, 0.15) is 35.6 Å². The van der Waals surface area contributed by atoms with Gasteiger partial charge in [0.05, 0.1) is 23.6 Å². The second-order valence-electron chi connectivity index (χ2n) is 10.8. The Labute approximate surface area is 261 Å². The van der Waals surface area contributed by atoms with Gasteiger partial charge in [0.1, 0.15) is 5.82 Å². The molecule has 5 aromatic rings. The Kier molecular flexibility index (Phi) is 10.3. The summed E-state index contributed by atoms with van der Waals surface area (Å²) >= 11 is 0. The molecule has 1 fully saturated rings. The Morgan fingerprint density at radius 3 is 1.89 bits per heavy atom. The number of halogens is 1. The number of rotatable bonds is 9. The standard InChI is InChI=1S/C32H31FN4.C4H4O4/c33-27-17-15-24(16-18-27)23-37-30-14-8-7-13-29(30)35-32(37)34-28-19-21-36(22-20-28)31(25-9-3-1-4-10-25)26-11-5-2-6-12-26;5-3(6)1-2-4(7)8/h1-18,28,31H,19-23H2,(H,34,35);1-2H,(H,5,6)(H,7,8)/b;2-1+. The van der Waals surface area contributed by atoms with E-state index in [1.807, 2.05) is 24.3 Å². The maximum Gasteiger partial charge on any atom is 0.328 e. The molecule has 3 N–H and O–H groups in total. The van der Waals surface area contributed by atoms with E-state index in [4.69, 9.17) is 15.2 Å². The number of carboxylic acids is 2. The van der Waals surface area contributed by atoms with E-state index < -0.39 is 11.9 Å². The van der Waals surface area contributed by atoms with Crippen LogP contribution in [0.25, 0.3) is 11.0 Å². The smallest absolute Gasteiger partial charge is 0.328 e. The van der Waals surface area contributed by atoms with Gasteiger partial charge in [-0.25, -0.2) is 19.0 Å². The fourth-order valence-electron chi connectivity index (χ4n) is 5.63. The first-order chi connectivity index (χ1) is 21.9. The summed E-state index contributed by atoms with van der Waals surface area (Å²) in [6.45, 7) is 2.65. The average Bonchev–Trinajstić information content (AvgIpc) is 3.40. The molecule has 0 atom stereocenters. The number of carbonyl (C=O) groups is 2. The summed E-state index contributed by atoms with van der Waals surface area (Å²) in [5.74, 6) is -1.85. The van der Waals surface area contributed by atoms with E-state index in [0.29, 0.717) is 24.7 Å². The van der Waals surface area contributed by atoms with Gasteiger partial charge in [-0.05, 0) is 53.8 Å². The quantitative estimate of drug-likeness (QED) is 0.162. The molecule has 1 aliphatic rings. The highest BCUT2D eigenvalue weighted by Crippen LogP contribution is 2.32. The van der Waals surface area contributed by atoms with Crippen molar-refractivity contribution < 1.29 is 24.2 Å². The van der Waals surface area contributed by atoms with E-state index in [0.717, 1.165) is 48.5 Å². The Morgan fingerprint density at radius 1 is 0.800 bits per heavy atom. The summed E-state index contributed by atoms with van der Waals surface area (Å²) in [6, 6.07) is 37.2. The zero-order chi connectivity index (χ0) is 31.6. The van der Waals surface area contributed by atoms with Crippen molar-refractivity contribution in [3.63, 3.8) is 0 Å². The second kappa shape index (κ2) is 14.9. The van der Waals surface area contributed by atoms with Crippen molar-refractivity contribution in [2.45, 2.75) is 31.5 Å². The molecule has 0 aliphatic carbocycles. The van der Waals surface area contributed by atoms with Crippen LogP contribution in [0, 0.1) is 5.82 Å². The van der Waals surface area contributed by atoms with Crippen molar-refractivity contribution in [3.05, 3.63) is 144 Å². The number of para-hydroxylation sites is 2. The predicted octanol–water partition coefficient (Wildman–Crippen LogP) is 6.60. The van der Waals surface area contributed by atoms with E-state index in [1.165, 1.54) is 23.3 Å².